The number of anilines is 1. The number of ether oxygens (including phenoxy) is 1. The average Bonchev–Trinajstić information content (AvgIpc) is 3.14. The van der Waals surface area contributed by atoms with Gasteiger partial charge in [-0.2, -0.15) is 5.10 Å². The van der Waals surface area contributed by atoms with Crippen molar-refractivity contribution in [2.75, 3.05) is 12.1 Å². The number of methoxy groups -OCH3 is 1. The van der Waals surface area contributed by atoms with Crippen LogP contribution in [-0.2, 0) is 9.59 Å². The molecule has 2 aromatic carbocycles. The van der Waals surface area contributed by atoms with Gasteiger partial charge in [0.05, 0.1) is 23.3 Å². The lowest BCUT2D eigenvalue weighted by atomic mass is 10.1. The molecule has 0 aromatic heterocycles. The number of carbonyl (C=O) groups excluding carboxylic acids is 2. The van der Waals surface area contributed by atoms with Crippen molar-refractivity contribution in [1.82, 2.24) is 5.32 Å². The fraction of sp³-hybridized carbons (Fsp3) is 0.250. The molecule has 2 unspecified atom stereocenters. The third kappa shape index (κ3) is 4.17. The standard InChI is InChI=1S/C20H21BrN4O3/c1-12(13-8-9-18(28-2)15(21)10-13)23-20(27)16-11-17(19(22)26)25(24-16)14-6-4-3-5-7-14/h3-10,12,17H,11H2,1-2H3,(H2,22,26)(H,23,27). The smallest absolute Gasteiger partial charge is 0.268 e. The quantitative estimate of drug-likeness (QED) is 0.715. The SMILES string of the molecule is COc1ccc(C(C)NC(=O)C2=NN(c3ccccc3)C(C(N)=O)C2)cc1Br. The lowest BCUT2D eigenvalue weighted by Gasteiger charge is -2.20. The first-order valence-electron chi connectivity index (χ1n) is 8.76. The zero-order valence-electron chi connectivity index (χ0n) is 15.6. The molecule has 3 rings (SSSR count). The summed E-state index contributed by atoms with van der Waals surface area (Å²) in [6.07, 6.45) is 0.162. The Morgan fingerprint density at radius 2 is 2.00 bits per heavy atom. The lowest BCUT2D eigenvalue weighted by molar-refractivity contribution is -0.119. The molecule has 0 fully saturated rings. The molecule has 0 radical (unpaired) electrons. The number of halogens is 1. The van der Waals surface area contributed by atoms with Gasteiger partial charge in [-0.15, -0.1) is 0 Å². The molecule has 8 heteroatoms. The number of amides is 2. The molecule has 7 nitrogen and oxygen atoms in total. The molecular formula is C20H21BrN4O3. The predicted octanol–water partition coefficient (Wildman–Crippen LogP) is 2.76. The number of carbonyl (C=O) groups is 2. The highest BCUT2D eigenvalue weighted by atomic mass is 79.9. The molecule has 1 aliphatic heterocycles. The Morgan fingerprint density at radius 3 is 2.61 bits per heavy atom. The van der Waals surface area contributed by atoms with Crippen LogP contribution in [0.5, 0.6) is 5.75 Å². The second kappa shape index (κ2) is 8.43. The minimum Gasteiger partial charge on any atom is -0.496 e. The molecule has 0 saturated carbocycles. The monoisotopic (exact) mass is 444 g/mol. The van der Waals surface area contributed by atoms with Gasteiger partial charge in [0.15, 0.2) is 0 Å². The van der Waals surface area contributed by atoms with Crippen LogP contribution in [0, 0.1) is 0 Å². The normalized spacial score (nSPS) is 17.0. The molecule has 0 aliphatic carbocycles. The fourth-order valence-corrected chi connectivity index (χ4v) is 3.56. The van der Waals surface area contributed by atoms with Crippen molar-refractivity contribution in [2.24, 2.45) is 10.8 Å². The molecule has 2 aromatic rings. The van der Waals surface area contributed by atoms with Crippen LogP contribution in [0.15, 0.2) is 58.1 Å². The summed E-state index contributed by atoms with van der Waals surface area (Å²) in [4.78, 5) is 24.6. The minimum atomic E-state index is -0.686. The molecule has 1 heterocycles. The number of nitrogens with two attached hydrogens (primary N) is 1. The van der Waals surface area contributed by atoms with E-state index in [1.54, 1.807) is 7.11 Å². The molecule has 3 N–H and O–H groups in total. The third-order valence-corrected chi connectivity index (χ3v) is 5.16. The maximum atomic E-state index is 12.7. The first-order chi connectivity index (χ1) is 13.4. The van der Waals surface area contributed by atoms with Crippen molar-refractivity contribution >= 4 is 39.1 Å². The summed E-state index contributed by atoms with van der Waals surface area (Å²) < 4.78 is 6.03. The van der Waals surface area contributed by atoms with Gasteiger partial charge in [-0.25, -0.2) is 0 Å². The van der Waals surface area contributed by atoms with Gasteiger partial charge in [0, 0.05) is 6.42 Å². The Labute approximate surface area is 171 Å². The topological polar surface area (TPSA) is 97.0 Å². The maximum Gasteiger partial charge on any atom is 0.268 e. The van der Waals surface area contributed by atoms with Crippen molar-refractivity contribution < 1.29 is 14.3 Å². The molecule has 1 aliphatic rings. The Kier molecular flexibility index (Phi) is 5.99. The summed E-state index contributed by atoms with van der Waals surface area (Å²) in [6, 6.07) is 13.8. The maximum absolute atomic E-state index is 12.7. The number of hydrogen-bond donors (Lipinski definition) is 2. The molecule has 2 atom stereocenters. The van der Waals surface area contributed by atoms with E-state index >= 15 is 0 Å². The van der Waals surface area contributed by atoms with Gasteiger partial charge in [-0.1, -0.05) is 24.3 Å². The van der Waals surface area contributed by atoms with Crippen LogP contribution in [0.4, 0.5) is 5.69 Å². The van der Waals surface area contributed by atoms with Crippen molar-refractivity contribution in [2.45, 2.75) is 25.4 Å². The van der Waals surface area contributed by atoms with Crippen LogP contribution in [-0.4, -0.2) is 30.7 Å². The zero-order chi connectivity index (χ0) is 20.3. The number of hydrogen-bond acceptors (Lipinski definition) is 5. The van der Waals surface area contributed by atoms with Crippen molar-refractivity contribution in [1.29, 1.82) is 0 Å². The van der Waals surface area contributed by atoms with E-state index in [1.165, 1.54) is 5.01 Å². The number of rotatable bonds is 6. The van der Waals surface area contributed by atoms with Crippen LogP contribution in [0.1, 0.15) is 24.9 Å². The zero-order valence-corrected chi connectivity index (χ0v) is 17.1. The van der Waals surface area contributed by atoms with Crippen LogP contribution in [0.25, 0.3) is 0 Å². The minimum absolute atomic E-state index is 0.162. The largest absolute Gasteiger partial charge is 0.496 e. The van der Waals surface area contributed by atoms with Gasteiger partial charge >= 0.3 is 0 Å². The van der Waals surface area contributed by atoms with E-state index in [-0.39, 0.29) is 24.1 Å². The van der Waals surface area contributed by atoms with E-state index in [4.69, 9.17) is 10.5 Å². The number of primary amides is 1. The number of nitrogens with one attached hydrogen (secondary N) is 1. The lowest BCUT2D eigenvalue weighted by Crippen LogP contribution is -2.40. The van der Waals surface area contributed by atoms with E-state index in [0.717, 1.165) is 10.0 Å². The van der Waals surface area contributed by atoms with Gasteiger partial charge in [0.2, 0.25) is 5.91 Å². The second-order valence-electron chi connectivity index (χ2n) is 6.44. The van der Waals surface area contributed by atoms with E-state index in [0.29, 0.717) is 11.4 Å². The van der Waals surface area contributed by atoms with Crippen LogP contribution >= 0.6 is 15.9 Å². The van der Waals surface area contributed by atoms with E-state index in [9.17, 15) is 9.59 Å². The third-order valence-electron chi connectivity index (χ3n) is 4.55. The Morgan fingerprint density at radius 1 is 1.29 bits per heavy atom. The predicted molar refractivity (Wildman–Crippen MR) is 111 cm³/mol. The fourth-order valence-electron chi connectivity index (χ4n) is 3.00. The van der Waals surface area contributed by atoms with Crippen LogP contribution in [0.3, 0.4) is 0 Å². The van der Waals surface area contributed by atoms with Crippen molar-refractivity contribution in [3.05, 3.63) is 58.6 Å². The summed E-state index contributed by atoms with van der Waals surface area (Å²) in [5.74, 6) is -0.142. The number of para-hydroxylation sites is 1. The van der Waals surface area contributed by atoms with Crippen molar-refractivity contribution in [3.8, 4) is 5.75 Å². The molecule has 2 amide bonds. The van der Waals surface area contributed by atoms with Crippen molar-refractivity contribution in [3.63, 3.8) is 0 Å². The molecule has 28 heavy (non-hydrogen) atoms. The summed E-state index contributed by atoms with van der Waals surface area (Å²) in [5, 5.41) is 8.79. The summed E-state index contributed by atoms with van der Waals surface area (Å²) in [7, 11) is 1.59. The van der Waals surface area contributed by atoms with Gasteiger partial charge in [0.1, 0.15) is 17.5 Å². The van der Waals surface area contributed by atoms with E-state index in [1.807, 2.05) is 55.5 Å². The van der Waals surface area contributed by atoms with Gasteiger partial charge in [0.25, 0.3) is 5.91 Å². The first kappa shape index (κ1) is 19.9. The Balaban J connectivity index is 1.76. The second-order valence-corrected chi connectivity index (χ2v) is 7.29. The number of hydrazone groups is 1. The number of nitrogens with zero attached hydrogens (tertiary/aromatic N) is 2. The average molecular weight is 445 g/mol. The van der Waals surface area contributed by atoms with Crippen LogP contribution in [0.2, 0.25) is 0 Å². The summed E-state index contributed by atoms with van der Waals surface area (Å²) in [6.45, 7) is 1.88. The van der Waals surface area contributed by atoms with E-state index in [2.05, 4.69) is 26.3 Å². The highest BCUT2D eigenvalue weighted by Crippen LogP contribution is 2.28. The molecule has 0 saturated heterocycles. The highest BCUT2D eigenvalue weighted by Gasteiger charge is 2.35. The van der Waals surface area contributed by atoms with Crippen LogP contribution < -0.4 is 20.8 Å². The number of benzene rings is 2. The Bertz CT molecular complexity index is 917. The van der Waals surface area contributed by atoms with E-state index < -0.39 is 11.9 Å². The van der Waals surface area contributed by atoms with Gasteiger partial charge in [-0.3, -0.25) is 14.6 Å². The summed E-state index contributed by atoms with van der Waals surface area (Å²) >= 11 is 3.45. The summed E-state index contributed by atoms with van der Waals surface area (Å²) in [5.41, 5.74) is 7.41. The first-order valence-corrected chi connectivity index (χ1v) is 9.55. The molecule has 0 bridgehead atoms. The Hall–Kier alpha value is -2.87. The highest BCUT2D eigenvalue weighted by molar-refractivity contribution is 9.10. The molecule has 0 spiro atoms. The molecular weight excluding hydrogens is 424 g/mol. The van der Waals surface area contributed by atoms with Gasteiger partial charge in [-0.05, 0) is 52.7 Å². The van der Waals surface area contributed by atoms with Gasteiger partial charge < -0.3 is 15.8 Å². The molecule has 146 valence electrons.